The maximum Gasteiger partial charge on any atom is 0.294 e. The molecule has 0 saturated carbocycles. The molecule has 9 aromatic rings. The number of methoxy groups -OCH3 is 2. The van der Waals surface area contributed by atoms with Gasteiger partial charge in [0.2, 0.25) is 11.2 Å². The predicted molar refractivity (Wildman–Crippen MR) is 431 cm³/mol. The Kier molecular flexibility index (Phi) is 27.9. The van der Waals surface area contributed by atoms with E-state index < -0.39 is 24.4 Å². The van der Waals surface area contributed by atoms with E-state index in [0.29, 0.717) is 66.3 Å². The number of nitrogen functional groups attached to an aromatic ring is 1. The van der Waals surface area contributed by atoms with E-state index in [2.05, 4.69) is 141 Å². The van der Waals surface area contributed by atoms with E-state index in [-0.39, 0.29) is 10.2 Å². The normalized spacial score (nSPS) is 15.7. The first-order valence-electron chi connectivity index (χ1n) is 35.1. The second kappa shape index (κ2) is 36.5. The summed E-state index contributed by atoms with van der Waals surface area (Å²) in [5, 5.41) is 28.4. The fraction of sp³-hybridized carbons (Fsp3) is 0.425. The number of morpholine rings is 2. The van der Waals surface area contributed by atoms with E-state index in [1.165, 1.54) is 57.1 Å². The van der Waals surface area contributed by atoms with Crippen LogP contribution in [0, 0.1) is 6.92 Å². The van der Waals surface area contributed by atoms with E-state index in [1.807, 2.05) is 43.3 Å². The van der Waals surface area contributed by atoms with Crippen LogP contribution in [0.2, 0.25) is 5.28 Å². The average molecular weight is 1660 g/mol. The number of hydrogen-bond donors (Lipinski definition) is 5. The third kappa shape index (κ3) is 21.4. The summed E-state index contributed by atoms with van der Waals surface area (Å²) < 4.78 is 79.4. The van der Waals surface area contributed by atoms with Crippen molar-refractivity contribution in [1.29, 1.82) is 0 Å². The highest BCUT2D eigenvalue weighted by atomic mass is 79.9. The van der Waals surface area contributed by atoms with Crippen molar-refractivity contribution in [3.8, 4) is 34.0 Å². The number of aromatic nitrogens is 10. The number of piperidine rings is 2. The summed E-state index contributed by atoms with van der Waals surface area (Å²) in [4.78, 5) is 30.5. The molecule has 5 aromatic carbocycles. The lowest BCUT2D eigenvalue weighted by Gasteiger charge is -2.41. The molecule has 0 atom stereocenters. The quantitative estimate of drug-likeness (QED) is 0.0217. The van der Waals surface area contributed by atoms with Crippen molar-refractivity contribution >= 4 is 130 Å². The van der Waals surface area contributed by atoms with Gasteiger partial charge < -0.3 is 59.6 Å². The third-order valence-corrected chi connectivity index (χ3v) is 24.1. The summed E-state index contributed by atoms with van der Waals surface area (Å²) in [6, 6.07) is 27.1. The summed E-state index contributed by atoms with van der Waals surface area (Å²) in [7, 11) is -2.37. The first-order chi connectivity index (χ1) is 50.6. The molecular weight excluding hydrogens is 1560 g/mol. The van der Waals surface area contributed by atoms with Crippen LogP contribution in [0.5, 0.6) is 11.5 Å². The molecule has 0 spiro atoms. The summed E-state index contributed by atoms with van der Waals surface area (Å²) in [6.07, 6.45) is 13.2. The molecule has 13 rings (SSSR count). The number of nitrogens with one attached hydrogen (secondary N) is 3. The number of anilines is 9. The monoisotopic (exact) mass is 1650 g/mol. The van der Waals surface area contributed by atoms with Gasteiger partial charge in [0.15, 0.2) is 0 Å². The highest BCUT2D eigenvalue weighted by molar-refractivity contribution is 9.11. The highest BCUT2D eigenvalue weighted by Gasteiger charge is 2.30. The van der Waals surface area contributed by atoms with Crippen molar-refractivity contribution in [1.82, 2.24) is 59.7 Å². The average Bonchev–Trinajstić information content (AvgIpc) is 1.02. The number of nitrogens with zero attached hydrogens (tertiary/aromatic N) is 14. The molecule has 568 valence electrons. The Morgan fingerprint density at radius 1 is 0.594 bits per heavy atom. The van der Waals surface area contributed by atoms with E-state index in [0.717, 1.165) is 150 Å². The Morgan fingerprint density at radius 2 is 1.04 bits per heavy atom. The van der Waals surface area contributed by atoms with Crippen molar-refractivity contribution in [3.63, 3.8) is 0 Å². The lowest BCUT2D eigenvalue weighted by Crippen LogP contribution is -2.49. The highest BCUT2D eigenvalue weighted by Crippen LogP contribution is 2.43. The minimum atomic E-state index is -4.02. The maximum absolute atomic E-state index is 13.4. The SMILES string of the molecule is CCc1cc(N)c(OC)cc1N1CCC(N2CCOCC2)CC1.CCc1cc(Nc2ncc(Br)c(Nc3ccc(-c4cnn(C)n4)cc3P(C)(C)=O)n2)c(OC)cc1N1CCC(N2CCOCC2)CC1.Cc1ccc(S(=O)(=O)O)cc1.Cn1ncc(-c2ccc(Nc3nc(Cl)ncc3Br)c(P(C)(C)=O)c2)n1. The molecule has 6 N–H and O–H groups in total. The van der Waals surface area contributed by atoms with E-state index >= 15 is 0 Å². The predicted octanol–water partition coefficient (Wildman–Crippen LogP) is 12.7. The van der Waals surface area contributed by atoms with Gasteiger partial charge in [-0.25, -0.2) is 9.97 Å². The van der Waals surface area contributed by atoms with Crippen LogP contribution in [0.25, 0.3) is 22.5 Å². The number of benzene rings is 5. The van der Waals surface area contributed by atoms with E-state index in [4.69, 9.17) is 45.8 Å². The molecule has 0 aliphatic carbocycles. The van der Waals surface area contributed by atoms with Gasteiger partial charge in [-0.3, -0.25) is 14.4 Å². The van der Waals surface area contributed by atoms with Crippen LogP contribution in [0.3, 0.4) is 0 Å². The Hall–Kier alpha value is -7.60. The summed E-state index contributed by atoms with van der Waals surface area (Å²) in [5.41, 5.74) is 18.1. The van der Waals surface area contributed by atoms with Gasteiger partial charge in [-0.2, -0.15) is 48.4 Å². The van der Waals surface area contributed by atoms with Gasteiger partial charge in [0.05, 0.1) is 89.6 Å². The molecule has 33 heteroatoms. The minimum Gasteiger partial charge on any atom is -0.495 e. The molecule has 106 heavy (non-hydrogen) atoms. The standard InChI is InChI=1S/C33H43BrN9O3P.C18H29N3O2.C15H15BrClN6OP.C7H8O3S/c1-6-22-17-27(30(45-3)19-29(22)43-11-9-24(10-12-43)42-13-15-46-16-14-42)38-33-35-20-25(34)32(39-33)37-26-8-7-23(18-31(26)47(4,5)44)28-21-36-41(2)40-28;1-3-14-12-16(19)18(22-2)13-17(14)21-6-4-15(5-7-21)20-8-10-23-11-9-20;1-23-19-8-12(22-23)9-4-5-11(13(6-9)25(2,3)24)20-14-10(16)7-18-15(17)21-14;1-6-2-4-7(5-3-6)11(8,9)10/h7-8,17-21,24H,6,9-16H2,1-5H3,(H2,35,37,38,39);12-13,15H,3-11,19H2,1-2H3;4-8H,1-3H3,(H,18,20,21);2-5H,1H3,(H,8,9,10). The van der Waals surface area contributed by atoms with Crippen LogP contribution < -0.4 is 51.6 Å². The molecule has 4 aliphatic rings. The first kappa shape index (κ1) is 80.9. The van der Waals surface area contributed by atoms with Crippen LogP contribution in [0.1, 0.15) is 56.2 Å². The zero-order valence-electron chi connectivity index (χ0n) is 61.8. The minimum absolute atomic E-state index is 0.0666. The molecule has 8 heterocycles. The Labute approximate surface area is 642 Å². The van der Waals surface area contributed by atoms with Crippen LogP contribution in [-0.2, 0) is 55.7 Å². The summed E-state index contributed by atoms with van der Waals surface area (Å²) in [5.74, 6) is 2.96. The number of ether oxygens (including phenoxy) is 4. The summed E-state index contributed by atoms with van der Waals surface area (Å²) >= 11 is 12.8. The van der Waals surface area contributed by atoms with Gasteiger partial charge >= 0.3 is 0 Å². The number of hydrogen-bond acceptors (Lipinski definition) is 24. The lowest BCUT2D eigenvalue weighted by molar-refractivity contribution is 0.0115. The van der Waals surface area contributed by atoms with Gasteiger partial charge in [0.1, 0.15) is 48.8 Å². The van der Waals surface area contributed by atoms with Crippen LogP contribution in [0.4, 0.5) is 51.7 Å². The second-order valence-corrected chi connectivity index (χ2v) is 36.7. The fourth-order valence-electron chi connectivity index (χ4n) is 13.1. The first-order valence-corrected chi connectivity index (χ1v) is 43.7. The molecule has 0 bridgehead atoms. The van der Waals surface area contributed by atoms with Crippen molar-refractivity contribution in [3.05, 3.63) is 141 Å². The number of rotatable bonds is 19. The van der Waals surface area contributed by atoms with Crippen molar-refractivity contribution in [2.24, 2.45) is 14.1 Å². The smallest absolute Gasteiger partial charge is 0.294 e. The number of nitrogens with two attached hydrogens (primary N) is 1. The van der Waals surface area contributed by atoms with E-state index in [9.17, 15) is 17.5 Å². The zero-order valence-corrected chi connectivity index (χ0v) is 68.3. The Morgan fingerprint density at radius 3 is 1.46 bits per heavy atom. The largest absolute Gasteiger partial charge is 0.495 e. The molecular formula is C73H95Br2ClN18O9P2S. The molecule has 0 amide bonds. The van der Waals surface area contributed by atoms with Crippen LogP contribution in [0.15, 0.2) is 124 Å². The van der Waals surface area contributed by atoms with Crippen LogP contribution >= 0.6 is 57.7 Å². The van der Waals surface area contributed by atoms with Gasteiger partial charge in [0, 0.05) is 136 Å². The molecule has 4 aliphatic heterocycles. The molecule has 4 saturated heterocycles. The molecule has 27 nitrogen and oxygen atoms in total. The van der Waals surface area contributed by atoms with Crippen molar-refractivity contribution < 1.29 is 41.0 Å². The van der Waals surface area contributed by atoms with Gasteiger partial charge in [0.25, 0.3) is 10.1 Å². The second-order valence-electron chi connectivity index (χ2n) is 26.8. The van der Waals surface area contributed by atoms with Crippen LogP contribution in [-0.4, -0.2) is 204 Å². The van der Waals surface area contributed by atoms with Crippen molar-refractivity contribution in [2.45, 2.75) is 76.3 Å². The number of halogens is 3. The number of aryl methyl sites for hydroxylation is 5. The van der Waals surface area contributed by atoms with Gasteiger partial charge in [-0.05, 0) is 175 Å². The van der Waals surface area contributed by atoms with Gasteiger partial charge in [-0.1, -0.05) is 43.7 Å². The molecule has 0 radical (unpaired) electrons. The summed E-state index contributed by atoms with van der Waals surface area (Å²) in [6.45, 7) is 25.1. The van der Waals surface area contributed by atoms with E-state index in [1.54, 1.807) is 91.9 Å². The molecule has 0 unspecified atom stereocenters. The molecule has 4 fully saturated rings. The Bertz CT molecular complexity index is 4700. The molecule has 4 aromatic heterocycles. The maximum atomic E-state index is 13.4. The topological polar surface area (TPSA) is 313 Å². The zero-order chi connectivity index (χ0) is 76.0. The fourth-order valence-corrected chi connectivity index (χ4v) is 16.7. The lowest BCUT2D eigenvalue weighted by atomic mass is 10.00. The Balaban J connectivity index is 0.000000171. The third-order valence-electron chi connectivity index (χ3n) is 18.8. The van der Waals surface area contributed by atoms with Crippen molar-refractivity contribution in [2.75, 3.05) is 151 Å². The van der Waals surface area contributed by atoms with Gasteiger partial charge in [-0.15, -0.1) is 0 Å².